The largest absolute Gasteiger partial charge is 0.504 e. The SMILES string of the molecule is COc1cc(C=CC(=O)OCC(CC(=O)C=C(C)C)C2CCC3(C)C4CCC5C(C)(C)C(=O)CCC56CC46CCC23C)ccc1O. The van der Waals surface area contributed by atoms with Crippen LogP contribution in [-0.4, -0.2) is 36.4 Å². The van der Waals surface area contributed by atoms with Crippen molar-refractivity contribution in [3.63, 3.8) is 0 Å². The number of carbonyl (C=O) groups excluding carboxylic acids is 3. The molecule has 0 radical (unpaired) electrons. The Hall–Kier alpha value is -2.89. The number of hydrogen-bond donors (Lipinski definition) is 1. The summed E-state index contributed by atoms with van der Waals surface area (Å²) in [5.41, 5.74) is 2.40. The number of benzene rings is 1. The maximum absolute atomic E-state index is 13.2. The second-order valence-electron chi connectivity index (χ2n) is 16.8. The van der Waals surface area contributed by atoms with Gasteiger partial charge in [-0.2, -0.15) is 0 Å². The van der Waals surface area contributed by atoms with Crippen LogP contribution < -0.4 is 4.74 Å². The highest BCUT2D eigenvalue weighted by molar-refractivity contribution is 5.90. The van der Waals surface area contributed by atoms with Gasteiger partial charge in [-0.25, -0.2) is 4.79 Å². The fourth-order valence-electron chi connectivity index (χ4n) is 12.1. The minimum Gasteiger partial charge on any atom is -0.504 e. The fourth-order valence-corrected chi connectivity index (χ4v) is 12.1. The lowest BCUT2D eigenvalue weighted by Crippen LogP contribution is -2.57. The quantitative estimate of drug-likeness (QED) is 0.217. The van der Waals surface area contributed by atoms with Gasteiger partial charge in [0.15, 0.2) is 17.3 Å². The maximum Gasteiger partial charge on any atom is 0.330 e. The van der Waals surface area contributed by atoms with Gasteiger partial charge in [-0.05, 0) is 134 Å². The average molecular weight is 631 g/mol. The summed E-state index contributed by atoms with van der Waals surface area (Å²) in [6.07, 6.45) is 15.2. The number of hydrogen-bond acceptors (Lipinski definition) is 6. The van der Waals surface area contributed by atoms with Gasteiger partial charge >= 0.3 is 5.97 Å². The summed E-state index contributed by atoms with van der Waals surface area (Å²) >= 11 is 0. The lowest BCUT2D eigenvalue weighted by atomic mass is 9.42. The maximum atomic E-state index is 13.2. The van der Waals surface area contributed by atoms with Crippen molar-refractivity contribution in [1.29, 1.82) is 0 Å². The third-order valence-electron chi connectivity index (χ3n) is 14.5. The highest BCUT2D eigenvalue weighted by atomic mass is 16.5. The van der Waals surface area contributed by atoms with E-state index in [0.717, 1.165) is 49.7 Å². The van der Waals surface area contributed by atoms with Crippen molar-refractivity contribution in [3.05, 3.63) is 41.5 Å². The first-order valence-corrected chi connectivity index (χ1v) is 17.6. The fraction of sp³-hybridized carbons (Fsp3) is 0.675. The number of ether oxygens (including phenoxy) is 2. The van der Waals surface area contributed by atoms with Crippen LogP contribution in [0.3, 0.4) is 0 Å². The number of methoxy groups -OCH3 is 1. The molecular weight excluding hydrogens is 576 g/mol. The van der Waals surface area contributed by atoms with Gasteiger partial charge in [0.25, 0.3) is 0 Å². The van der Waals surface area contributed by atoms with Crippen molar-refractivity contribution < 1.29 is 29.0 Å². The van der Waals surface area contributed by atoms with E-state index in [1.54, 1.807) is 24.3 Å². The smallest absolute Gasteiger partial charge is 0.330 e. The van der Waals surface area contributed by atoms with E-state index in [4.69, 9.17) is 9.47 Å². The Labute approximate surface area is 275 Å². The molecule has 1 N–H and O–H groups in total. The lowest BCUT2D eigenvalue weighted by molar-refractivity contribution is -0.159. The van der Waals surface area contributed by atoms with Gasteiger partial charge in [0.1, 0.15) is 5.78 Å². The molecule has 8 atom stereocenters. The zero-order valence-electron chi connectivity index (χ0n) is 29.0. The number of rotatable bonds is 9. The molecule has 0 amide bonds. The third-order valence-corrected chi connectivity index (χ3v) is 14.5. The molecule has 0 heterocycles. The highest BCUT2D eigenvalue weighted by Crippen LogP contribution is 2.88. The van der Waals surface area contributed by atoms with Crippen molar-refractivity contribution in [3.8, 4) is 11.5 Å². The topological polar surface area (TPSA) is 89.9 Å². The number of fused-ring (bicyclic) bond motifs is 2. The molecule has 0 aromatic heterocycles. The van der Waals surface area contributed by atoms with Crippen molar-refractivity contribution in [1.82, 2.24) is 0 Å². The van der Waals surface area contributed by atoms with Gasteiger partial charge in [0.05, 0.1) is 13.7 Å². The van der Waals surface area contributed by atoms with Crippen molar-refractivity contribution in [2.45, 2.75) is 106 Å². The van der Waals surface area contributed by atoms with Crippen LogP contribution in [-0.2, 0) is 19.1 Å². The van der Waals surface area contributed by atoms with Crippen molar-refractivity contribution >= 4 is 23.6 Å². The lowest BCUT2D eigenvalue weighted by Gasteiger charge is -2.62. The molecule has 2 spiro atoms. The summed E-state index contributed by atoms with van der Waals surface area (Å²) in [7, 11) is 1.49. The van der Waals surface area contributed by atoms with Gasteiger partial charge < -0.3 is 14.6 Å². The summed E-state index contributed by atoms with van der Waals surface area (Å²) in [5, 5.41) is 9.89. The van der Waals surface area contributed by atoms with Gasteiger partial charge in [0.2, 0.25) is 0 Å². The van der Waals surface area contributed by atoms with E-state index in [1.165, 1.54) is 38.5 Å². The van der Waals surface area contributed by atoms with Gasteiger partial charge in [-0.15, -0.1) is 0 Å². The first-order chi connectivity index (χ1) is 21.6. The predicted octanol–water partition coefficient (Wildman–Crippen LogP) is 8.51. The van der Waals surface area contributed by atoms with Crippen LogP contribution >= 0.6 is 0 Å². The molecular formula is C40H54O6. The summed E-state index contributed by atoms with van der Waals surface area (Å²) in [4.78, 5) is 39.3. The third kappa shape index (κ3) is 4.91. The minimum absolute atomic E-state index is 0.0411. The van der Waals surface area contributed by atoms with E-state index in [-0.39, 0.29) is 40.3 Å². The molecule has 1 aromatic carbocycles. The van der Waals surface area contributed by atoms with Crippen molar-refractivity contribution in [2.24, 2.45) is 50.7 Å². The summed E-state index contributed by atoms with van der Waals surface area (Å²) in [5.74, 6) is 1.91. The van der Waals surface area contributed by atoms with Crippen LogP contribution in [0.15, 0.2) is 35.9 Å². The molecule has 0 saturated heterocycles. The second kappa shape index (κ2) is 11.4. The van der Waals surface area contributed by atoms with Gasteiger partial charge in [-0.3, -0.25) is 9.59 Å². The molecule has 5 saturated carbocycles. The zero-order valence-corrected chi connectivity index (χ0v) is 29.0. The number of allylic oxidation sites excluding steroid dienone is 2. The first kappa shape index (κ1) is 33.0. The second-order valence-corrected chi connectivity index (χ2v) is 16.8. The van der Waals surface area contributed by atoms with E-state index < -0.39 is 5.97 Å². The molecule has 6 nitrogen and oxygen atoms in total. The molecule has 0 aliphatic heterocycles. The Morgan fingerprint density at radius 3 is 2.41 bits per heavy atom. The molecule has 0 bridgehead atoms. The van der Waals surface area contributed by atoms with E-state index in [9.17, 15) is 19.5 Å². The number of esters is 1. The number of aromatic hydroxyl groups is 1. The van der Waals surface area contributed by atoms with E-state index in [1.807, 2.05) is 13.8 Å². The molecule has 1 aromatic rings. The molecule has 6 rings (SSSR count). The Morgan fingerprint density at radius 2 is 1.70 bits per heavy atom. The number of phenols is 1. The standard InChI is InChI=1S/C40H54O6/c1-25(2)20-28(41)22-27(23-46-35(44)13-9-26-8-10-30(42)31(21-26)45-7)29-14-16-38(6)33-12-11-32-36(3,4)34(43)15-17-39(32)24-40(33,39)19-18-37(29,38)5/h8-10,13,20-21,27,29,32-33,42H,11-12,14-19,22-24H2,1-7H3. The van der Waals surface area contributed by atoms with E-state index in [0.29, 0.717) is 46.5 Å². The summed E-state index contributed by atoms with van der Waals surface area (Å²) < 4.78 is 11.1. The first-order valence-electron chi connectivity index (χ1n) is 17.6. The van der Waals surface area contributed by atoms with E-state index >= 15 is 0 Å². The molecule has 46 heavy (non-hydrogen) atoms. The minimum atomic E-state index is -0.437. The number of ketones is 2. The van der Waals surface area contributed by atoms with Crippen LogP contribution in [0.1, 0.15) is 111 Å². The summed E-state index contributed by atoms with van der Waals surface area (Å²) in [6, 6.07) is 4.91. The Morgan fingerprint density at radius 1 is 0.978 bits per heavy atom. The molecule has 250 valence electrons. The number of carbonyl (C=O) groups is 3. The van der Waals surface area contributed by atoms with Crippen LogP contribution in [0.5, 0.6) is 11.5 Å². The number of phenolic OH excluding ortho intramolecular Hbond substituents is 1. The molecule has 8 unspecified atom stereocenters. The Bertz CT molecular complexity index is 1480. The molecule has 5 aliphatic carbocycles. The van der Waals surface area contributed by atoms with Gasteiger partial charge in [-0.1, -0.05) is 39.3 Å². The van der Waals surface area contributed by atoms with Crippen molar-refractivity contribution in [2.75, 3.05) is 13.7 Å². The summed E-state index contributed by atoms with van der Waals surface area (Å²) in [6.45, 7) is 13.6. The normalized spacial score (nSPS) is 37.7. The number of Topliss-reactive ketones (excluding diaryl/α,β-unsaturated/α-hetero) is 1. The van der Waals surface area contributed by atoms with Crippen LogP contribution in [0.2, 0.25) is 0 Å². The van der Waals surface area contributed by atoms with Crippen LogP contribution in [0.4, 0.5) is 0 Å². The zero-order chi connectivity index (χ0) is 33.3. The predicted molar refractivity (Wildman–Crippen MR) is 179 cm³/mol. The Kier molecular flexibility index (Phi) is 8.16. The Balaban J connectivity index is 1.22. The highest BCUT2D eigenvalue weighted by Gasteiger charge is 2.82. The van der Waals surface area contributed by atoms with Gasteiger partial charge in [0, 0.05) is 30.3 Å². The van der Waals surface area contributed by atoms with Crippen LogP contribution in [0.25, 0.3) is 6.08 Å². The monoisotopic (exact) mass is 630 g/mol. The van der Waals surface area contributed by atoms with E-state index in [2.05, 4.69) is 27.7 Å². The molecule has 6 heteroatoms. The average Bonchev–Trinajstić information content (AvgIpc) is 3.58. The van der Waals surface area contributed by atoms with Crippen LogP contribution in [0, 0.1) is 50.7 Å². The molecule has 5 fully saturated rings. The molecule has 5 aliphatic rings.